The highest BCUT2D eigenvalue weighted by Crippen LogP contribution is 2.23. The Bertz CT molecular complexity index is 524. The topological polar surface area (TPSA) is 33.1 Å². The summed E-state index contributed by atoms with van der Waals surface area (Å²) in [5, 5.41) is 11.4. The summed E-state index contributed by atoms with van der Waals surface area (Å²) < 4.78 is 0. The van der Waals surface area contributed by atoms with Crippen molar-refractivity contribution in [2.24, 2.45) is 0 Å². The third-order valence-electron chi connectivity index (χ3n) is 3.84. The number of nitrogens with zero attached hydrogens (tertiary/aromatic N) is 1. The zero-order chi connectivity index (χ0) is 14.2. The van der Waals surface area contributed by atoms with Gasteiger partial charge in [0.25, 0.3) is 0 Å². The third-order valence-corrected chi connectivity index (χ3v) is 3.84. The van der Waals surface area contributed by atoms with Crippen LogP contribution < -0.4 is 0 Å². The Kier molecular flexibility index (Phi) is 6.00. The molecule has 0 aliphatic rings. The van der Waals surface area contributed by atoms with Crippen LogP contribution in [0.2, 0.25) is 0 Å². The van der Waals surface area contributed by atoms with E-state index in [0.29, 0.717) is 0 Å². The average molecular weight is 271 g/mol. The molecule has 2 nitrogen and oxygen atoms in total. The number of benzene rings is 1. The highest BCUT2D eigenvalue weighted by molar-refractivity contribution is 5.78. The van der Waals surface area contributed by atoms with Crippen molar-refractivity contribution >= 4 is 10.9 Å². The lowest BCUT2D eigenvalue weighted by molar-refractivity contribution is 0.163. The van der Waals surface area contributed by atoms with Crippen LogP contribution in [0.25, 0.3) is 10.9 Å². The van der Waals surface area contributed by atoms with Gasteiger partial charge in [-0.1, -0.05) is 57.6 Å². The summed E-state index contributed by atoms with van der Waals surface area (Å²) in [6.45, 7) is 2.23. The third kappa shape index (κ3) is 4.31. The van der Waals surface area contributed by atoms with Crippen molar-refractivity contribution in [3.63, 3.8) is 0 Å². The fourth-order valence-corrected chi connectivity index (χ4v) is 2.59. The number of aliphatic hydroxyl groups excluding tert-OH is 1. The van der Waals surface area contributed by atoms with Gasteiger partial charge in [0, 0.05) is 11.6 Å². The highest BCUT2D eigenvalue weighted by atomic mass is 16.3. The molecular weight excluding hydrogens is 246 g/mol. The number of unbranched alkanes of at least 4 members (excludes halogenated alkanes) is 5. The van der Waals surface area contributed by atoms with Crippen molar-refractivity contribution in [3.8, 4) is 0 Å². The summed E-state index contributed by atoms with van der Waals surface area (Å²) in [7, 11) is 0. The van der Waals surface area contributed by atoms with E-state index in [-0.39, 0.29) is 6.10 Å². The Morgan fingerprint density at radius 1 is 1.05 bits per heavy atom. The van der Waals surface area contributed by atoms with Crippen molar-refractivity contribution in [3.05, 3.63) is 42.1 Å². The fraction of sp³-hybridized carbons (Fsp3) is 0.500. The minimum atomic E-state index is -0.342. The van der Waals surface area contributed by atoms with E-state index in [1.54, 1.807) is 6.20 Å². The lowest BCUT2D eigenvalue weighted by Gasteiger charge is -2.11. The average Bonchev–Trinajstić information content (AvgIpc) is 2.50. The first-order valence-electron chi connectivity index (χ1n) is 7.84. The lowest BCUT2D eigenvalue weighted by atomic mass is 10.0. The van der Waals surface area contributed by atoms with Gasteiger partial charge in [-0.05, 0) is 30.2 Å². The van der Waals surface area contributed by atoms with Crippen molar-refractivity contribution < 1.29 is 5.11 Å². The molecule has 108 valence electrons. The SMILES string of the molecule is CCCCCCCCC(O)c1ccc2ncccc2c1. The van der Waals surface area contributed by atoms with E-state index in [1.165, 1.54) is 32.1 Å². The molecule has 1 aromatic carbocycles. The van der Waals surface area contributed by atoms with E-state index in [9.17, 15) is 5.11 Å². The highest BCUT2D eigenvalue weighted by Gasteiger charge is 2.08. The second-order valence-electron chi connectivity index (χ2n) is 5.53. The van der Waals surface area contributed by atoms with Gasteiger partial charge in [0.2, 0.25) is 0 Å². The summed E-state index contributed by atoms with van der Waals surface area (Å²) in [5.74, 6) is 0. The van der Waals surface area contributed by atoms with Crippen LogP contribution in [0.1, 0.15) is 63.5 Å². The normalized spacial score (nSPS) is 12.7. The standard InChI is InChI=1S/C18H25NO/c1-2-3-4-5-6-7-10-18(20)16-11-12-17-15(14-16)9-8-13-19-17/h8-9,11-14,18,20H,2-7,10H2,1H3. The van der Waals surface area contributed by atoms with Gasteiger partial charge in [-0.15, -0.1) is 0 Å². The molecule has 1 aromatic heterocycles. The Balaban J connectivity index is 1.83. The number of fused-ring (bicyclic) bond motifs is 1. The first-order valence-corrected chi connectivity index (χ1v) is 7.84. The first-order chi connectivity index (χ1) is 9.81. The largest absolute Gasteiger partial charge is 0.388 e. The van der Waals surface area contributed by atoms with E-state index in [0.717, 1.165) is 29.3 Å². The van der Waals surface area contributed by atoms with Crippen LogP contribution >= 0.6 is 0 Å². The molecule has 2 heteroatoms. The molecule has 0 aliphatic carbocycles. The molecule has 1 N–H and O–H groups in total. The molecule has 0 saturated carbocycles. The van der Waals surface area contributed by atoms with Crippen molar-refractivity contribution in [1.29, 1.82) is 0 Å². The summed E-state index contributed by atoms with van der Waals surface area (Å²) >= 11 is 0. The van der Waals surface area contributed by atoms with Crippen LogP contribution in [-0.4, -0.2) is 10.1 Å². The van der Waals surface area contributed by atoms with Crippen LogP contribution in [0.3, 0.4) is 0 Å². The molecule has 0 amide bonds. The first kappa shape index (κ1) is 15.0. The van der Waals surface area contributed by atoms with E-state index in [4.69, 9.17) is 0 Å². The number of hydrogen-bond acceptors (Lipinski definition) is 2. The molecule has 0 radical (unpaired) electrons. The van der Waals surface area contributed by atoms with Gasteiger partial charge in [-0.3, -0.25) is 4.98 Å². The number of rotatable bonds is 8. The molecule has 20 heavy (non-hydrogen) atoms. The smallest absolute Gasteiger partial charge is 0.0790 e. The van der Waals surface area contributed by atoms with Crippen LogP contribution in [-0.2, 0) is 0 Å². The molecule has 0 fully saturated rings. The van der Waals surface area contributed by atoms with E-state index in [2.05, 4.69) is 18.0 Å². The Hall–Kier alpha value is -1.41. The monoisotopic (exact) mass is 271 g/mol. The van der Waals surface area contributed by atoms with Gasteiger partial charge >= 0.3 is 0 Å². The number of aliphatic hydroxyl groups is 1. The quantitative estimate of drug-likeness (QED) is 0.684. The molecule has 0 spiro atoms. The number of aromatic nitrogens is 1. The maximum Gasteiger partial charge on any atom is 0.0790 e. The summed E-state index contributed by atoms with van der Waals surface area (Å²) in [5.41, 5.74) is 2.00. The van der Waals surface area contributed by atoms with Crippen LogP contribution in [0.4, 0.5) is 0 Å². The molecule has 1 atom stereocenters. The van der Waals surface area contributed by atoms with Gasteiger partial charge in [-0.25, -0.2) is 0 Å². The summed E-state index contributed by atoms with van der Waals surface area (Å²) in [6.07, 6.45) is 9.89. The van der Waals surface area contributed by atoms with E-state index < -0.39 is 0 Å². The van der Waals surface area contributed by atoms with Crippen LogP contribution in [0.5, 0.6) is 0 Å². The summed E-state index contributed by atoms with van der Waals surface area (Å²) in [4.78, 5) is 4.30. The molecule has 2 rings (SSSR count). The predicted octanol–water partition coefficient (Wildman–Crippen LogP) is 5.02. The van der Waals surface area contributed by atoms with Gasteiger partial charge < -0.3 is 5.11 Å². The minimum Gasteiger partial charge on any atom is -0.388 e. The maximum absolute atomic E-state index is 10.3. The van der Waals surface area contributed by atoms with Crippen LogP contribution in [0.15, 0.2) is 36.5 Å². The number of hydrogen-bond donors (Lipinski definition) is 1. The molecule has 0 aliphatic heterocycles. The Morgan fingerprint density at radius 3 is 2.70 bits per heavy atom. The van der Waals surface area contributed by atoms with Crippen molar-refractivity contribution in [2.45, 2.75) is 58.0 Å². The Labute approximate surface area is 121 Å². The molecular formula is C18H25NO. The van der Waals surface area contributed by atoms with E-state index >= 15 is 0 Å². The van der Waals surface area contributed by atoms with Crippen LogP contribution in [0, 0.1) is 0 Å². The summed E-state index contributed by atoms with van der Waals surface area (Å²) in [6, 6.07) is 10.0. The molecule has 0 bridgehead atoms. The van der Waals surface area contributed by atoms with Gasteiger partial charge in [0.15, 0.2) is 0 Å². The van der Waals surface area contributed by atoms with Crippen molar-refractivity contribution in [2.75, 3.05) is 0 Å². The predicted molar refractivity (Wildman–Crippen MR) is 84.7 cm³/mol. The lowest BCUT2D eigenvalue weighted by Crippen LogP contribution is -1.97. The maximum atomic E-state index is 10.3. The Morgan fingerprint density at radius 2 is 1.85 bits per heavy atom. The zero-order valence-electron chi connectivity index (χ0n) is 12.4. The van der Waals surface area contributed by atoms with Gasteiger partial charge in [0.05, 0.1) is 11.6 Å². The number of pyridine rings is 1. The zero-order valence-corrected chi connectivity index (χ0v) is 12.4. The second-order valence-corrected chi connectivity index (χ2v) is 5.53. The van der Waals surface area contributed by atoms with E-state index in [1.807, 2.05) is 24.3 Å². The molecule has 1 unspecified atom stereocenters. The van der Waals surface area contributed by atoms with Gasteiger partial charge in [0.1, 0.15) is 0 Å². The van der Waals surface area contributed by atoms with Gasteiger partial charge in [-0.2, -0.15) is 0 Å². The molecule has 2 aromatic rings. The second kappa shape index (κ2) is 8.01. The molecule has 0 saturated heterocycles. The van der Waals surface area contributed by atoms with Crippen molar-refractivity contribution in [1.82, 2.24) is 4.98 Å². The molecule has 1 heterocycles. The minimum absolute atomic E-state index is 0.342. The fourth-order valence-electron chi connectivity index (χ4n) is 2.59.